The molecule has 0 aromatic carbocycles. The van der Waals surface area contributed by atoms with Gasteiger partial charge in [-0.05, 0) is 12.2 Å². The van der Waals surface area contributed by atoms with Gasteiger partial charge in [0.2, 0.25) is 0 Å². The summed E-state index contributed by atoms with van der Waals surface area (Å²) >= 11 is 0. The van der Waals surface area contributed by atoms with Gasteiger partial charge in [-0.15, -0.1) is 0 Å². The van der Waals surface area contributed by atoms with Crippen molar-refractivity contribution in [3.05, 3.63) is 12.2 Å². The maximum absolute atomic E-state index is 12.2. The highest BCUT2D eigenvalue weighted by Gasteiger charge is 2.71. The van der Waals surface area contributed by atoms with Crippen LogP contribution >= 0.6 is 0 Å². The fraction of sp³-hybridized carbons (Fsp3) is 0.500. The first-order chi connectivity index (χ1) is 6.06. The third-order valence-corrected chi connectivity index (χ3v) is 1.16. The summed E-state index contributed by atoms with van der Waals surface area (Å²) in [7, 11) is 0. The fourth-order valence-corrected chi connectivity index (χ4v) is 0.454. The number of carbonyl (C=O) groups is 1. The van der Waals surface area contributed by atoms with E-state index in [9.17, 15) is 35.5 Å². The number of allylic oxidation sites excluding steroid dienone is 2. The van der Waals surface area contributed by atoms with Crippen molar-refractivity contribution < 1.29 is 35.5 Å². The Kier molecular flexibility index (Phi) is 3.31. The van der Waals surface area contributed by atoms with E-state index in [0.717, 1.165) is 0 Å². The molecule has 8 heteroatoms. The molecule has 0 saturated carbocycles. The second-order valence-corrected chi connectivity index (χ2v) is 2.19. The highest BCUT2D eigenvalue weighted by atomic mass is 19.4. The summed E-state index contributed by atoms with van der Waals surface area (Å²) in [4.78, 5) is 9.48. The molecule has 0 bridgehead atoms. The van der Waals surface area contributed by atoms with E-state index in [-0.39, 0.29) is 12.4 Å². The van der Waals surface area contributed by atoms with Crippen molar-refractivity contribution in [3.8, 4) is 0 Å². The van der Waals surface area contributed by atoms with Crippen LogP contribution in [0.5, 0.6) is 0 Å². The van der Waals surface area contributed by atoms with Crippen LogP contribution in [0.1, 0.15) is 0 Å². The molecule has 0 radical (unpaired) electrons. The molecule has 0 rings (SSSR count). The zero-order chi connectivity index (χ0) is 11.6. The maximum Gasteiger partial charge on any atom is 0.460 e. The first-order valence-electron chi connectivity index (χ1n) is 3.01. The Morgan fingerprint density at radius 3 is 1.57 bits per heavy atom. The van der Waals surface area contributed by atoms with Crippen LogP contribution in [0.4, 0.5) is 30.7 Å². The third-order valence-electron chi connectivity index (χ3n) is 1.16. The van der Waals surface area contributed by atoms with Gasteiger partial charge in [-0.3, -0.25) is 4.79 Å². The average molecular weight is 224 g/mol. The lowest BCUT2D eigenvalue weighted by molar-refractivity contribution is -0.341. The topological polar surface area (TPSA) is 17.1 Å². The molecular formula is C6H3F7O. The number of hydrogen-bond acceptors (Lipinski definition) is 1. The van der Waals surface area contributed by atoms with Crippen LogP contribution in [0, 0.1) is 0 Å². The summed E-state index contributed by atoms with van der Waals surface area (Å²) in [5.41, 5.74) is 0. The first kappa shape index (κ1) is 12.9. The molecule has 0 aliphatic carbocycles. The molecule has 0 aromatic heterocycles. The zero-order valence-electron chi connectivity index (χ0n) is 6.29. The van der Waals surface area contributed by atoms with Crippen molar-refractivity contribution in [2.24, 2.45) is 0 Å². The van der Waals surface area contributed by atoms with Crippen LogP contribution in [0.2, 0.25) is 0 Å². The molecule has 82 valence electrons. The van der Waals surface area contributed by atoms with Crippen LogP contribution < -0.4 is 0 Å². The lowest BCUT2D eigenvalue weighted by atomic mass is 10.1. The molecule has 1 nitrogen and oxygen atoms in total. The van der Waals surface area contributed by atoms with Gasteiger partial charge in [-0.1, -0.05) is 0 Å². The molecule has 14 heavy (non-hydrogen) atoms. The second kappa shape index (κ2) is 3.58. The molecule has 0 heterocycles. The highest BCUT2D eigenvalue weighted by Crippen LogP contribution is 2.46. The van der Waals surface area contributed by atoms with Crippen LogP contribution in [-0.2, 0) is 4.79 Å². The largest absolute Gasteiger partial charge is 0.460 e. The highest BCUT2D eigenvalue weighted by molar-refractivity contribution is 5.65. The summed E-state index contributed by atoms with van der Waals surface area (Å²) < 4.78 is 82.5. The molecule has 0 amide bonds. The Morgan fingerprint density at radius 2 is 1.29 bits per heavy atom. The molecule has 0 unspecified atom stereocenters. The van der Waals surface area contributed by atoms with E-state index in [2.05, 4.69) is 0 Å². The minimum atomic E-state index is -6.37. The Labute approximate surface area is 73.2 Å². The van der Waals surface area contributed by atoms with Crippen molar-refractivity contribution in [2.45, 2.75) is 18.0 Å². The minimum absolute atomic E-state index is 0.125. The number of rotatable bonds is 3. The SMILES string of the molecule is O=C/C=C/C(F)(F)C(F)(F)C(F)(F)F. The van der Waals surface area contributed by atoms with Gasteiger partial charge in [0.05, 0.1) is 0 Å². The van der Waals surface area contributed by atoms with Crippen molar-refractivity contribution in [1.29, 1.82) is 0 Å². The molecular weight excluding hydrogens is 221 g/mol. The van der Waals surface area contributed by atoms with Gasteiger partial charge in [0.1, 0.15) is 6.29 Å². The predicted octanol–water partition coefficient (Wildman–Crippen LogP) is 2.57. The van der Waals surface area contributed by atoms with E-state index in [1.54, 1.807) is 0 Å². The molecule has 0 fully saturated rings. The number of carbonyl (C=O) groups excluding carboxylic acids is 1. The average Bonchev–Trinajstić information content (AvgIpc) is 1.98. The van der Waals surface area contributed by atoms with Crippen LogP contribution in [-0.4, -0.2) is 24.3 Å². The fourth-order valence-electron chi connectivity index (χ4n) is 0.454. The van der Waals surface area contributed by atoms with Gasteiger partial charge in [0.15, 0.2) is 0 Å². The molecule has 0 aliphatic heterocycles. The summed E-state index contributed by atoms with van der Waals surface area (Å²) in [6, 6.07) is 0. The normalized spacial score (nSPS) is 14.8. The Bertz CT molecular complexity index is 239. The Morgan fingerprint density at radius 1 is 0.857 bits per heavy atom. The second-order valence-electron chi connectivity index (χ2n) is 2.19. The van der Waals surface area contributed by atoms with Crippen LogP contribution in [0.25, 0.3) is 0 Å². The number of aldehydes is 1. The summed E-state index contributed by atoms with van der Waals surface area (Å²) in [6.07, 6.45) is -7.63. The predicted molar refractivity (Wildman–Crippen MR) is 31.2 cm³/mol. The number of halogens is 7. The van der Waals surface area contributed by atoms with E-state index in [4.69, 9.17) is 0 Å². The van der Waals surface area contributed by atoms with Gasteiger partial charge in [-0.2, -0.15) is 30.7 Å². The quantitative estimate of drug-likeness (QED) is 0.409. The van der Waals surface area contributed by atoms with Crippen LogP contribution in [0.3, 0.4) is 0 Å². The first-order valence-corrected chi connectivity index (χ1v) is 3.01. The Hall–Kier alpha value is -1.08. The summed E-state index contributed by atoms with van der Waals surface area (Å²) in [5, 5.41) is 0. The third kappa shape index (κ3) is 2.24. The van der Waals surface area contributed by atoms with E-state index < -0.39 is 24.1 Å². The molecule has 0 N–H and O–H groups in total. The van der Waals surface area contributed by atoms with Gasteiger partial charge >= 0.3 is 18.0 Å². The van der Waals surface area contributed by atoms with E-state index in [0.29, 0.717) is 0 Å². The van der Waals surface area contributed by atoms with Crippen LogP contribution in [0.15, 0.2) is 12.2 Å². The summed E-state index contributed by atoms with van der Waals surface area (Å²) in [5.74, 6) is -11.6. The standard InChI is InChI=1S/C6H3F7O/c7-4(8,2-1-3-14)5(9,10)6(11,12)13/h1-3H/b2-1+. The Balaban J connectivity index is 5.06. The van der Waals surface area contributed by atoms with Gasteiger partial charge in [0, 0.05) is 0 Å². The lowest BCUT2D eigenvalue weighted by Crippen LogP contribution is -2.50. The summed E-state index contributed by atoms with van der Waals surface area (Å²) in [6.45, 7) is 0. The number of alkyl halides is 7. The van der Waals surface area contributed by atoms with Gasteiger partial charge < -0.3 is 0 Å². The van der Waals surface area contributed by atoms with E-state index in [1.807, 2.05) is 0 Å². The minimum Gasteiger partial charge on any atom is -0.299 e. The molecule has 0 spiro atoms. The van der Waals surface area contributed by atoms with Crippen molar-refractivity contribution in [2.75, 3.05) is 0 Å². The van der Waals surface area contributed by atoms with Gasteiger partial charge in [-0.25, -0.2) is 0 Å². The molecule has 0 atom stereocenters. The molecule has 0 aliphatic rings. The monoisotopic (exact) mass is 224 g/mol. The molecule has 0 saturated heterocycles. The van der Waals surface area contributed by atoms with Crippen molar-refractivity contribution in [1.82, 2.24) is 0 Å². The van der Waals surface area contributed by atoms with Crippen molar-refractivity contribution in [3.63, 3.8) is 0 Å². The van der Waals surface area contributed by atoms with E-state index >= 15 is 0 Å². The van der Waals surface area contributed by atoms with Crippen molar-refractivity contribution >= 4 is 6.29 Å². The van der Waals surface area contributed by atoms with E-state index in [1.165, 1.54) is 0 Å². The number of hydrogen-bond donors (Lipinski definition) is 0. The zero-order valence-corrected chi connectivity index (χ0v) is 6.29. The maximum atomic E-state index is 12.2. The van der Waals surface area contributed by atoms with Gasteiger partial charge in [0.25, 0.3) is 0 Å². The smallest absolute Gasteiger partial charge is 0.299 e. The molecule has 0 aromatic rings. The lowest BCUT2D eigenvalue weighted by Gasteiger charge is -2.25.